The molecule has 1 saturated heterocycles. The van der Waals surface area contributed by atoms with Gasteiger partial charge in [-0.05, 0) is 50.6 Å². The SMILES string of the molecule is COc1ccc2c3c1O[C@H]1[C@@]4(OC)C=C[C@@]5(C[C@H]4OS(C)(=O)=O)[C@@H](C2)N(C)CC[C@]315. The largest absolute Gasteiger partial charge is 0.493 e. The molecule has 8 heteroatoms. The standard InChI is InChI=1S/C22H27NO6S/c1-23-10-9-21-17-13-5-6-14(26-2)18(17)28-19(21)22(27-3)8-7-20(21,15(23)11-13)12-16(22)29-30(4,24)25/h5-8,15-16,19H,9-12H2,1-4H3/t15-,16-,19-,20-,21+,22-/m1/s1. The summed E-state index contributed by atoms with van der Waals surface area (Å²) < 4.78 is 48.5. The van der Waals surface area contributed by atoms with Crippen LogP contribution < -0.4 is 9.47 Å². The summed E-state index contributed by atoms with van der Waals surface area (Å²) in [5.41, 5.74) is 0.974. The minimum absolute atomic E-state index is 0.237. The first-order chi connectivity index (χ1) is 14.2. The van der Waals surface area contributed by atoms with E-state index in [-0.39, 0.29) is 23.0 Å². The van der Waals surface area contributed by atoms with E-state index in [1.165, 1.54) is 11.1 Å². The fraction of sp³-hybridized carbons (Fsp3) is 0.636. The third-order valence-electron chi connectivity index (χ3n) is 8.51. The normalized spacial score (nSPS) is 42.7. The molecule has 0 unspecified atom stereocenters. The number of piperidine rings is 1. The smallest absolute Gasteiger partial charge is 0.264 e. The van der Waals surface area contributed by atoms with Crippen molar-refractivity contribution in [2.45, 2.75) is 48.5 Å². The molecule has 0 radical (unpaired) electrons. The third-order valence-corrected chi connectivity index (χ3v) is 9.09. The lowest BCUT2D eigenvalue weighted by atomic mass is 9.38. The molecule has 6 atom stereocenters. The van der Waals surface area contributed by atoms with Gasteiger partial charge in [0.1, 0.15) is 12.2 Å². The second-order valence-corrected chi connectivity index (χ2v) is 11.1. The van der Waals surface area contributed by atoms with Crippen LogP contribution in [-0.2, 0) is 30.9 Å². The number of nitrogens with zero attached hydrogens (tertiary/aromatic N) is 1. The van der Waals surface area contributed by atoms with Crippen LogP contribution in [0.3, 0.4) is 0 Å². The third kappa shape index (κ3) is 1.91. The summed E-state index contributed by atoms with van der Waals surface area (Å²) in [5.74, 6) is 1.51. The highest BCUT2D eigenvalue weighted by atomic mass is 32.2. The molecule has 2 heterocycles. The Kier molecular flexibility index (Phi) is 3.56. The van der Waals surface area contributed by atoms with E-state index in [1.54, 1.807) is 14.2 Å². The predicted octanol–water partition coefficient (Wildman–Crippen LogP) is 1.64. The minimum Gasteiger partial charge on any atom is -0.493 e. The summed E-state index contributed by atoms with van der Waals surface area (Å²) in [7, 11) is 1.78. The molecule has 4 bridgehead atoms. The lowest BCUT2D eigenvalue weighted by molar-refractivity contribution is -0.225. The van der Waals surface area contributed by atoms with Crippen LogP contribution in [0.25, 0.3) is 0 Å². The first kappa shape index (κ1) is 19.1. The predicted molar refractivity (Wildman–Crippen MR) is 109 cm³/mol. The molecule has 4 aliphatic carbocycles. The van der Waals surface area contributed by atoms with E-state index in [4.69, 9.17) is 18.4 Å². The molecule has 0 aromatic heterocycles. The van der Waals surface area contributed by atoms with Crippen molar-refractivity contribution < 1.29 is 26.8 Å². The quantitative estimate of drug-likeness (QED) is 0.528. The Balaban J connectivity index is 1.66. The van der Waals surface area contributed by atoms with Crippen LogP contribution in [-0.4, -0.2) is 71.2 Å². The van der Waals surface area contributed by atoms with Crippen LogP contribution >= 0.6 is 0 Å². The number of likely N-dealkylation sites (N-methyl/N-ethyl adjacent to an activating group) is 1. The zero-order valence-corrected chi connectivity index (χ0v) is 18.5. The maximum Gasteiger partial charge on any atom is 0.264 e. The molecule has 30 heavy (non-hydrogen) atoms. The molecule has 1 aromatic carbocycles. The molecule has 0 amide bonds. The minimum atomic E-state index is -3.67. The number of hydrogen-bond acceptors (Lipinski definition) is 7. The number of benzene rings is 1. The van der Waals surface area contributed by atoms with Gasteiger partial charge in [0, 0.05) is 24.1 Å². The van der Waals surface area contributed by atoms with Gasteiger partial charge in [-0.25, -0.2) is 0 Å². The molecule has 0 N–H and O–H groups in total. The number of rotatable bonds is 4. The van der Waals surface area contributed by atoms with Gasteiger partial charge in [-0.3, -0.25) is 4.18 Å². The monoisotopic (exact) mass is 433 g/mol. The Hall–Kier alpha value is -1.61. The molecular formula is C22H27NO6S. The van der Waals surface area contributed by atoms with Gasteiger partial charge in [0.2, 0.25) is 0 Å². The molecule has 7 rings (SSSR count). The first-order valence-electron chi connectivity index (χ1n) is 10.4. The van der Waals surface area contributed by atoms with E-state index < -0.39 is 21.8 Å². The van der Waals surface area contributed by atoms with Crippen molar-refractivity contribution in [3.63, 3.8) is 0 Å². The average Bonchev–Trinajstić information content (AvgIpc) is 3.06. The van der Waals surface area contributed by atoms with E-state index in [9.17, 15) is 8.42 Å². The zero-order valence-electron chi connectivity index (χ0n) is 17.7. The molecule has 2 fully saturated rings. The topological polar surface area (TPSA) is 74.3 Å². The number of fused-ring (bicyclic) bond motifs is 1. The molecular weight excluding hydrogens is 406 g/mol. The van der Waals surface area contributed by atoms with Crippen molar-refractivity contribution in [3.05, 3.63) is 35.4 Å². The number of likely N-dealkylation sites (tertiary alicyclic amines) is 1. The Morgan fingerprint density at radius 3 is 2.73 bits per heavy atom. The summed E-state index contributed by atoms with van der Waals surface area (Å²) >= 11 is 0. The number of hydrogen-bond donors (Lipinski definition) is 0. The second kappa shape index (κ2) is 5.59. The Bertz CT molecular complexity index is 1090. The van der Waals surface area contributed by atoms with Gasteiger partial charge in [-0.15, -0.1) is 0 Å². The van der Waals surface area contributed by atoms with Crippen molar-refractivity contribution in [3.8, 4) is 11.5 Å². The van der Waals surface area contributed by atoms with E-state index in [0.717, 1.165) is 37.1 Å². The van der Waals surface area contributed by atoms with Crippen molar-refractivity contribution in [2.75, 3.05) is 34.1 Å². The summed E-state index contributed by atoms with van der Waals surface area (Å²) in [6.45, 7) is 0.952. The summed E-state index contributed by atoms with van der Waals surface area (Å²) in [6.07, 6.45) is 6.78. The molecule has 2 spiro atoms. The fourth-order valence-corrected chi connectivity index (χ4v) is 8.10. The lowest BCUT2D eigenvalue weighted by Crippen LogP contribution is -2.80. The average molecular weight is 434 g/mol. The maximum atomic E-state index is 12.2. The van der Waals surface area contributed by atoms with Gasteiger partial charge in [-0.2, -0.15) is 8.42 Å². The van der Waals surface area contributed by atoms with E-state index in [0.29, 0.717) is 6.42 Å². The maximum absolute atomic E-state index is 12.2. The van der Waals surface area contributed by atoms with Gasteiger partial charge in [-0.1, -0.05) is 12.1 Å². The van der Waals surface area contributed by atoms with Crippen LogP contribution in [0, 0.1) is 5.41 Å². The van der Waals surface area contributed by atoms with Crippen molar-refractivity contribution in [1.82, 2.24) is 4.90 Å². The molecule has 162 valence electrons. The Labute approximate surface area is 177 Å². The summed E-state index contributed by atoms with van der Waals surface area (Å²) in [6, 6.07) is 4.39. The van der Waals surface area contributed by atoms with Crippen molar-refractivity contribution >= 4 is 10.1 Å². The highest BCUT2D eigenvalue weighted by Crippen LogP contribution is 2.73. The van der Waals surface area contributed by atoms with Crippen molar-refractivity contribution in [1.29, 1.82) is 0 Å². The number of ether oxygens (including phenoxy) is 3. The van der Waals surface area contributed by atoms with Crippen LogP contribution in [0.1, 0.15) is 24.0 Å². The summed E-state index contributed by atoms with van der Waals surface area (Å²) in [4.78, 5) is 2.42. The Morgan fingerprint density at radius 2 is 2.03 bits per heavy atom. The van der Waals surface area contributed by atoms with E-state index in [2.05, 4.69) is 24.1 Å². The highest BCUT2D eigenvalue weighted by Gasteiger charge is 2.79. The van der Waals surface area contributed by atoms with Crippen LogP contribution in [0.5, 0.6) is 11.5 Å². The van der Waals surface area contributed by atoms with Crippen molar-refractivity contribution in [2.24, 2.45) is 5.41 Å². The molecule has 6 aliphatic rings. The fourth-order valence-electron chi connectivity index (χ4n) is 7.46. The molecule has 1 saturated carbocycles. The van der Waals surface area contributed by atoms with Crippen LogP contribution in [0.2, 0.25) is 0 Å². The van der Waals surface area contributed by atoms with E-state index >= 15 is 0 Å². The summed E-state index contributed by atoms with van der Waals surface area (Å²) in [5, 5.41) is 0. The van der Waals surface area contributed by atoms with Gasteiger partial charge >= 0.3 is 0 Å². The van der Waals surface area contributed by atoms with Gasteiger partial charge < -0.3 is 19.1 Å². The van der Waals surface area contributed by atoms with Gasteiger partial charge in [0.15, 0.2) is 17.1 Å². The molecule has 2 aliphatic heterocycles. The van der Waals surface area contributed by atoms with Gasteiger partial charge in [0.05, 0.1) is 18.8 Å². The highest BCUT2D eigenvalue weighted by molar-refractivity contribution is 7.86. The Morgan fingerprint density at radius 1 is 1.23 bits per heavy atom. The first-order valence-corrected chi connectivity index (χ1v) is 12.2. The van der Waals surface area contributed by atoms with Crippen LogP contribution in [0.15, 0.2) is 24.3 Å². The lowest BCUT2D eigenvalue weighted by Gasteiger charge is -2.70. The van der Waals surface area contributed by atoms with Crippen LogP contribution in [0.4, 0.5) is 0 Å². The molecule has 7 nitrogen and oxygen atoms in total. The second-order valence-electron chi connectivity index (χ2n) is 9.48. The van der Waals surface area contributed by atoms with E-state index in [1.807, 2.05) is 12.1 Å². The zero-order chi connectivity index (χ0) is 21.1. The molecule has 1 aromatic rings. The van der Waals surface area contributed by atoms with Gasteiger partial charge in [0.25, 0.3) is 10.1 Å². The number of methoxy groups -OCH3 is 2.